The molecule has 1 unspecified atom stereocenters. The first-order chi connectivity index (χ1) is 17.6. The van der Waals surface area contributed by atoms with Crippen LogP contribution in [0.1, 0.15) is 79.9 Å². The van der Waals surface area contributed by atoms with Crippen molar-refractivity contribution in [3.8, 4) is 11.5 Å². The second-order valence-corrected chi connectivity index (χ2v) is 13.2. The van der Waals surface area contributed by atoms with Gasteiger partial charge in [0.05, 0.1) is 17.1 Å². The molecule has 5 aliphatic rings. The summed E-state index contributed by atoms with van der Waals surface area (Å²) < 4.78 is 6.57. The van der Waals surface area contributed by atoms with Crippen LogP contribution in [0.5, 0.6) is 11.5 Å². The van der Waals surface area contributed by atoms with E-state index in [1.54, 1.807) is 6.07 Å². The molecule has 1 amide bonds. The Morgan fingerprint density at radius 2 is 1.86 bits per heavy atom. The van der Waals surface area contributed by atoms with Crippen LogP contribution in [-0.2, 0) is 17.3 Å². The van der Waals surface area contributed by atoms with Gasteiger partial charge in [0.15, 0.2) is 11.5 Å². The standard InChI is InChI=1S/C31H38N2O4/c1-29(2,3)21-9-6-19(7-10-21)28(35)32-22-12-13-31(36)24-16-20-8-11-23(34)26-25(20)30(31,27(22)37-26)14-15-33(24)17-18-4-5-18/h6-11,18,22,24,27,34,36H,4-5,12-17H2,1-3H3,(H,32,35)/t22-,24-,27+,30?,31-/m1/s1. The fourth-order valence-corrected chi connectivity index (χ4v) is 8.00. The van der Waals surface area contributed by atoms with Gasteiger partial charge in [-0.05, 0) is 85.7 Å². The Kier molecular flexibility index (Phi) is 4.92. The minimum Gasteiger partial charge on any atom is -0.504 e. The van der Waals surface area contributed by atoms with E-state index in [-0.39, 0.29) is 29.2 Å². The van der Waals surface area contributed by atoms with Gasteiger partial charge < -0.3 is 20.3 Å². The number of aliphatic hydroxyl groups is 1. The van der Waals surface area contributed by atoms with Crippen molar-refractivity contribution in [2.45, 2.75) is 93.9 Å². The van der Waals surface area contributed by atoms with Crippen molar-refractivity contribution in [3.05, 3.63) is 58.7 Å². The summed E-state index contributed by atoms with van der Waals surface area (Å²) in [4.78, 5) is 15.9. The average molecular weight is 503 g/mol. The molecule has 0 radical (unpaired) electrons. The number of ether oxygens (including phenoxy) is 1. The fourth-order valence-electron chi connectivity index (χ4n) is 8.00. The van der Waals surface area contributed by atoms with Crippen molar-refractivity contribution in [2.75, 3.05) is 13.1 Å². The Morgan fingerprint density at radius 3 is 2.57 bits per heavy atom. The maximum atomic E-state index is 13.4. The summed E-state index contributed by atoms with van der Waals surface area (Å²) in [5, 5.41) is 26.7. The first-order valence-electron chi connectivity index (χ1n) is 14.0. The highest BCUT2D eigenvalue weighted by Gasteiger charge is 2.73. The summed E-state index contributed by atoms with van der Waals surface area (Å²) in [6.45, 7) is 8.45. The summed E-state index contributed by atoms with van der Waals surface area (Å²) in [7, 11) is 0. The van der Waals surface area contributed by atoms with E-state index >= 15 is 0 Å². The van der Waals surface area contributed by atoms with E-state index in [0.717, 1.165) is 37.4 Å². The molecule has 2 bridgehead atoms. The second kappa shape index (κ2) is 7.73. The lowest BCUT2D eigenvalue weighted by Gasteiger charge is -2.64. The van der Waals surface area contributed by atoms with Crippen LogP contribution < -0.4 is 10.1 Å². The number of likely N-dealkylation sites (tertiary alicyclic amines) is 1. The minimum absolute atomic E-state index is 0.0249. The van der Waals surface area contributed by atoms with Crippen LogP contribution in [0.25, 0.3) is 0 Å². The molecule has 7 rings (SSSR count). The zero-order valence-electron chi connectivity index (χ0n) is 22.1. The highest BCUT2D eigenvalue weighted by molar-refractivity contribution is 5.94. The van der Waals surface area contributed by atoms with E-state index in [9.17, 15) is 15.0 Å². The van der Waals surface area contributed by atoms with E-state index in [2.05, 4.69) is 31.0 Å². The lowest BCUT2D eigenvalue weighted by molar-refractivity contribution is -0.191. The zero-order valence-corrected chi connectivity index (χ0v) is 22.1. The first kappa shape index (κ1) is 23.5. The van der Waals surface area contributed by atoms with Gasteiger partial charge in [-0.15, -0.1) is 0 Å². The van der Waals surface area contributed by atoms with Crippen molar-refractivity contribution in [3.63, 3.8) is 0 Å². The number of amides is 1. The predicted molar refractivity (Wildman–Crippen MR) is 141 cm³/mol. The molecular formula is C31H38N2O4. The monoisotopic (exact) mass is 502 g/mol. The normalized spacial score (nSPS) is 34.0. The number of nitrogens with one attached hydrogen (secondary N) is 1. The topological polar surface area (TPSA) is 82.0 Å². The number of phenols is 1. The first-order valence-corrected chi connectivity index (χ1v) is 14.0. The van der Waals surface area contributed by atoms with E-state index < -0.39 is 17.1 Å². The fraction of sp³-hybridized carbons (Fsp3) is 0.581. The van der Waals surface area contributed by atoms with Crippen LogP contribution >= 0.6 is 0 Å². The maximum Gasteiger partial charge on any atom is 0.251 e. The third kappa shape index (κ3) is 3.27. The Labute approximate surface area is 219 Å². The third-order valence-electron chi connectivity index (χ3n) is 10.1. The van der Waals surface area contributed by atoms with E-state index in [1.807, 2.05) is 30.3 Å². The summed E-state index contributed by atoms with van der Waals surface area (Å²) in [6.07, 6.45) is 4.98. The molecule has 3 fully saturated rings. The van der Waals surface area contributed by atoms with Gasteiger partial charge in [-0.3, -0.25) is 9.69 Å². The predicted octanol–water partition coefficient (Wildman–Crippen LogP) is 4.05. The van der Waals surface area contributed by atoms with Crippen LogP contribution in [0.3, 0.4) is 0 Å². The van der Waals surface area contributed by atoms with Crippen LogP contribution in [-0.4, -0.2) is 57.9 Å². The molecule has 1 spiro atoms. The average Bonchev–Trinajstić information content (AvgIpc) is 3.60. The molecule has 2 aromatic carbocycles. The summed E-state index contributed by atoms with van der Waals surface area (Å²) in [5.74, 6) is 1.29. The van der Waals surface area contributed by atoms with Gasteiger partial charge in [0.25, 0.3) is 5.91 Å². The highest BCUT2D eigenvalue weighted by atomic mass is 16.5. The lowest BCUT2D eigenvalue weighted by Crippen LogP contribution is -2.78. The number of phenolic OH excluding ortho intramolecular Hbond substituents is 1. The van der Waals surface area contributed by atoms with Crippen molar-refractivity contribution >= 4 is 5.91 Å². The molecule has 5 atom stereocenters. The minimum atomic E-state index is -0.938. The molecule has 1 saturated heterocycles. The number of aromatic hydroxyl groups is 1. The van der Waals surface area contributed by atoms with Gasteiger partial charge in [-0.25, -0.2) is 0 Å². The number of rotatable bonds is 4. The smallest absolute Gasteiger partial charge is 0.251 e. The Morgan fingerprint density at radius 1 is 1.11 bits per heavy atom. The summed E-state index contributed by atoms with van der Waals surface area (Å²) in [5.41, 5.74) is 2.46. The number of carbonyl (C=O) groups excluding carboxylic acids is 1. The van der Waals surface area contributed by atoms with Gasteiger partial charge in [0, 0.05) is 23.7 Å². The SMILES string of the molecule is CC(C)(C)c1ccc(C(=O)N[C@@H]2CC[C@@]3(O)[C@H]4Cc5ccc(O)c6c5C3(CCN4CC3CC3)[C@H]2O6)cc1. The maximum absolute atomic E-state index is 13.4. The molecule has 2 saturated carbocycles. The Bertz CT molecular complexity index is 1260. The van der Waals surface area contributed by atoms with E-state index in [4.69, 9.17) is 4.74 Å². The molecule has 2 aliphatic heterocycles. The molecule has 3 N–H and O–H groups in total. The van der Waals surface area contributed by atoms with E-state index in [1.165, 1.54) is 24.0 Å². The van der Waals surface area contributed by atoms with Gasteiger partial charge in [-0.2, -0.15) is 0 Å². The third-order valence-corrected chi connectivity index (χ3v) is 10.1. The Hall–Kier alpha value is -2.57. The lowest BCUT2D eigenvalue weighted by atomic mass is 9.48. The molecular weight excluding hydrogens is 464 g/mol. The number of piperidine rings is 1. The number of carbonyl (C=O) groups is 1. The van der Waals surface area contributed by atoms with Gasteiger partial charge in [0.2, 0.25) is 0 Å². The molecule has 0 aromatic heterocycles. The van der Waals surface area contributed by atoms with Crippen LogP contribution in [0, 0.1) is 5.92 Å². The number of hydrogen-bond donors (Lipinski definition) is 3. The molecule has 3 aliphatic carbocycles. The molecule has 6 heteroatoms. The number of nitrogens with zero attached hydrogens (tertiary/aromatic N) is 1. The summed E-state index contributed by atoms with van der Waals surface area (Å²) in [6, 6.07) is 11.4. The number of benzene rings is 2. The van der Waals surface area contributed by atoms with Crippen LogP contribution in [0.15, 0.2) is 36.4 Å². The number of hydrogen-bond acceptors (Lipinski definition) is 5. The largest absolute Gasteiger partial charge is 0.504 e. The summed E-state index contributed by atoms with van der Waals surface area (Å²) >= 11 is 0. The molecule has 37 heavy (non-hydrogen) atoms. The molecule has 2 aromatic rings. The van der Waals surface area contributed by atoms with Crippen molar-refractivity contribution in [2.24, 2.45) is 5.92 Å². The van der Waals surface area contributed by atoms with Gasteiger partial charge in [0.1, 0.15) is 6.10 Å². The van der Waals surface area contributed by atoms with E-state index in [0.29, 0.717) is 24.2 Å². The van der Waals surface area contributed by atoms with Crippen molar-refractivity contribution in [1.29, 1.82) is 0 Å². The van der Waals surface area contributed by atoms with Crippen molar-refractivity contribution in [1.82, 2.24) is 10.2 Å². The Balaban J connectivity index is 1.23. The quantitative estimate of drug-likeness (QED) is 0.588. The van der Waals surface area contributed by atoms with Gasteiger partial charge in [-0.1, -0.05) is 39.0 Å². The van der Waals surface area contributed by atoms with Gasteiger partial charge >= 0.3 is 0 Å². The molecule has 196 valence electrons. The molecule has 2 heterocycles. The van der Waals surface area contributed by atoms with Crippen molar-refractivity contribution < 1.29 is 19.7 Å². The second-order valence-electron chi connectivity index (χ2n) is 13.2. The highest BCUT2D eigenvalue weighted by Crippen LogP contribution is 2.65. The zero-order chi connectivity index (χ0) is 25.7. The molecule has 6 nitrogen and oxygen atoms in total. The van der Waals surface area contributed by atoms with Crippen LogP contribution in [0.2, 0.25) is 0 Å². The van der Waals surface area contributed by atoms with Crippen LogP contribution in [0.4, 0.5) is 0 Å².